The normalized spacial score (nSPS) is 21.2. The van der Waals surface area contributed by atoms with Gasteiger partial charge in [-0.15, -0.1) is 22.7 Å². The quantitative estimate of drug-likeness (QED) is 0.514. The summed E-state index contributed by atoms with van der Waals surface area (Å²) in [5, 5.41) is 12.4. The number of nitrogens with one attached hydrogen (secondary N) is 2. The molecule has 7 heteroatoms. The summed E-state index contributed by atoms with van der Waals surface area (Å²) in [5.74, 6) is 1.95. The molecule has 1 aliphatic rings. The van der Waals surface area contributed by atoms with E-state index in [1.54, 1.807) is 11.3 Å². The van der Waals surface area contributed by atoms with Crippen LogP contribution in [0.3, 0.4) is 0 Å². The number of aliphatic imine (C=N–C) groups is 1. The van der Waals surface area contributed by atoms with Crippen LogP contribution in [-0.4, -0.2) is 42.5 Å². The van der Waals surface area contributed by atoms with E-state index in [1.807, 2.05) is 11.3 Å². The van der Waals surface area contributed by atoms with Crippen LogP contribution in [0.4, 0.5) is 0 Å². The minimum Gasteiger partial charge on any atom is -0.357 e. The Morgan fingerprint density at radius 3 is 2.89 bits per heavy atom. The summed E-state index contributed by atoms with van der Waals surface area (Å²) in [6.07, 6.45) is 2.51. The van der Waals surface area contributed by atoms with Crippen LogP contribution in [0.15, 0.2) is 27.9 Å². The van der Waals surface area contributed by atoms with E-state index >= 15 is 0 Å². The maximum absolute atomic E-state index is 4.78. The first-order valence-electron chi connectivity index (χ1n) is 10.3. The third-order valence-corrected chi connectivity index (χ3v) is 7.05. The van der Waals surface area contributed by atoms with Crippen molar-refractivity contribution in [1.29, 1.82) is 0 Å². The van der Waals surface area contributed by atoms with Gasteiger partial charge in [0.1, 0.15) is 5.01 Å². The van der Waals surface area contributed by atoms with Crippen molar-refractivity contribution in [1.82, 2.24) is 20.5 Å². The van der Waals surface area contributed by atoms with Crippen molar-refractivity contribution in [3.05, 3.63) is 38.5 Å². The SMILES string of the molecule is CCNC(=NCc1nc(C(C)C)cs1)NCC1CCCN(C)C1c1cccs1. The average molecular weight is 420 g/mol. The van der Waals surface area contributed by atoms with Crippen molar-refractivity contribution in [3.63, 3.8) is 0 Å². The molecule has 2 aromatic rings. The number of thiophene rings is 1. The summed E-state index contributed by atoms with van der Waals surface area (Å²) < 4.78 is 0. The second-order valence-corrected chi connectivity index (χ2v) is 9.66. The fourth-order valence-electron chi connectivity index (χ4n) is 3.76. The van der Waals surface area contributed by atoms with Gasteiger partial charge in [0.05, 0.1) is 12.2 Å². The summed E-state index contributed by atoms with van der Waals surface area (Å²) >= 11 is 3.58. The van der Waals surface area contributed by atoms with Crippen LogP contribution in [-0.2, 0) is 6.54 Å². The predicted octanol–water partition coefficient (Wildman–Crippen LogP) is 4.47. The first-order chi connectivity index (χ1) is 13.6. The predicted molar refractivity (Wildman–Crippen MR) is 121 cm³/mol. The zero-order valence-electron chi connectivity index (χ0n) is 17.4. The Morgan fingerprint density at radius 1 is 1.36 bits per heavy atom. The molecule has 2 aromatic heterocycles. The molecule has 0 bridgehead atoms. The third-order valence-electron chi connectivity index (χ3n) is 5.25. The molecule has 2 unspecified atom stereocenters. The topological polar surface area (TPSA) is 52.6 Å². The molecule has 0 spiro atoms. The number of hydrogen-bond donors (Lipinski definition) is 2. The van der Waals surface area contributed by atoms with Gasteiger partial charge < -0.3 is 10.6 Å². The first kappa shape index (κ1) is 21.3. The monoisotopic (exact) mass is 419 g/mol. The van der Waals surface area contributed by atoms with Gasteiger partial charge in [-0.3, -0.25) is 4.90 Å². The maximum Gasteiger partial charge on any atom is 0.191 e. The van der Waals surface area contributed by atoms with Gasteiger partial charge in [-0.1, -0.05) is 19.9 Å². The van der Waals surface area contributed by atoms with Crippen molar-refractivity contribution in [3.8, 4) is 0 Å². The molecule has 0 aliphatic carbocycles. The molecule has 3 rings (SSSR count). The molecule has 5 nitrogen and oxygen atoms in total. The van der Waals surface area contributed by atoms with Crippen LogP contribution in [0.5, 0.6) is 0 Å². The number of likely N-dealkylation sites (tertiary alicyclic amines) is 1. The number of guanidine groups is 1. The molecule has 1 saturated heterocycles. The lowest BCUT2D eigenvalue weighted by Crippen LogP contribution is -2.44. The van der Waals surface area contributed by atoms with Gasteiger partial charge in [-0.2, -0.15) is 0 Å². The highest BCUT2D eigenvalue weighted by Crippen LogP contribution is 2.36. The van der Waals surface area contributed by atoms with Gasteiger partial charge in [0.2, 0.25) is 0 Å². The highest BCUT2D eigenvalue weighted by molar-refractivity contribution is 7.10. The number of nitrogens with zero attached hydrogens (tertiary/aromatic N) is 3. The second kappa shape index (κ2) is 10.4. The van der Waals surface area contributed by atoms with Gasteiger partial charge in [-0.05, 0) is 56.6 Å². The fraction of sp³-hybridized carbons (Fsp3) is 0.619. The highest BCUT2D eigenvalue weighted by atomic mass is 32.1. The fourth-order valence-corrected chi connectivity index (χ4v) is 5.62. The minimum atomic E-state index is 0.470. The van der Waals surface area contributed by atoms with Crippen molar-refractivity contribution >= 4 is 28.6 Å². The molecule has 1 aliphatic heterocycles. The maximum atomic E-state index is 4.78. The van der Waals surface area contributed by atoms with E-state index in [0.29, 0.717) is 24.4 Å². The number of aromatic nitrogens is 1. The summed E-state index contributed by atoms with van der Waals surface area (Å²) in [7, 11) is 2.25. The molecule has 1 fully saturated rings. The molecule has 0 amide bonds. The largest absolute Gasteiger partial charge is 0.357 e. The van der Waals surface area contributed by atoms with E-state index in [2.05, 4.69) is 66.2 Å². The Labute approximate surface area is 177 Å². The summed E-state index contributed by atoms with van der Waals surface area (Å²) in [4.78, 5) is 13.5. The first-order valence-corrected chi connectivity index (χ1v) is 12.0. The van der Waals surface area contributed by atoms with Gasteiger partial charge in [0.25, 0.3) is 0 Å². The highest BCUT2D eigenvalue weighted by Gasteiger charge is 2.31. The molecule has 2 N–H and O–H groups in total. The van der Waals surface area contributed by atoms with Crippen LogP contribution in [0.25, 0.3) is 0 Å². The summed E-state index contributed by atoms with van der Waals surface area (Å²) in [5.41, 5.74) is 1.16. The van der Waals surface area contributed by atoms with Gasteiger partial charge in [0.15, 0.2) is 5.96 Å². The number of rotatable bonds is 7. The minimum absolute atomic E-state index is 0.470. The lowest BCUT2D eigenvalue weighted by Gasteiger charge is -2.39. The number of piperidine rings is 1. The van der Waals surface area contributed by atoms with Crippen molar-refractivity contribution in [2.75, 3.05) is 26.7 Å². The Morgan fingerprint density at radius 2 is 2.21 bits per heavy atom. The zero-order valence-corrected chi connectivity index (χ0v) is 19.1. The molecule has 2 atom stereocenters. The Hall–Kier alpha value is -1.44. The summed E-state index contributed by atoms with van der Waals surface area (Å²) in [6.45, 7) is 10.1. The third kappa shape index (κ3) is 5.55. The van der Waals surface area contributed by atoms with E-state index in [-0.39, 0.29) is 0 Å². The van der Waals surface area contributed by atoms with E-state index < -0.39 is 0 Å². The van der Waals surface area contributed by atoms with E-state index in [1.165, 1.54) is 24.3 Å². The molecule has 0 aromatic carbocycles. The number of hydrogen-bond acceptors (Lipinski definition) is 5. The van der Waals surface area contributed by atoms with Crippen molar-refractivity contribution in [2.24, 2.45) is 10.9 Å². The van der Waals surface area contributed by atoms with Gasteiger partial charge >= 0.3 is 0 Å². The molecular formula is C21H33N5S2. The Bertz CT molecular complexity index is 738. The molecule has 3 heterocycles. The Balaban J connectivity index is 1.62. The van der Waals surface area contributed by atoms with Crippen LogP contribution < -0.4 is 10.6 Å². The van der Waals surface area contributed by atoms with Crippen LogP contribution in [0.2, 0.25) is 0 Å². The Kier molecular flexibility index (Phi) is 7.88. The zero-order chi connectivity index (χ0) is 19.9. The molecule has 28 heavy (non-hydrogen) atoms. The van der Waals surface area contributed by atoms with Gasteiger partial charge in [0, 0.05) is 29.4 Å². The van der Waals surface area contributed by atoms with Gasteiger partial charge in [-0.25, -0.2) is 9.98 Å². The van der Waals surface area contributed by atoms with Crippen LogP contribution >= 0.6 is 22.7 Å². The van der Waals surface area contributed by atoms with E-state index in [9.17, 15) is 0 Å². The van der Waals surface area contributed by atoms with Crippen molar-refractivity contribution < 1.29 is 0 Å². The van der Waals surface area contributed by atoms with Crippen LogP contribution in [0.1, 0.15) is 61.2 Å². The lowest BCUT2D eigenvalue weighted by molar-refractivity contribution is 0.125. The average Bonchev–Trinajstić information content (AvgIpc) is 3.36. The molecular weight excluding hydrogens is 386 g/mol. The molecule has 0 radical (unpaired) electrons. The molecule has 154 valence electrons. The lowest BCUT2D eigenvalue weighted by atomic mass is 9.88. The van der Waals surface area contributed by atoms with E-state index in [0.717, 1.165) is 29.8 Å². The number of thiazole rings is 1. The molecule has 0 saturated carbocycles. The summed E-state index contributed by atoms with van der Waals surface area (Å²) in [6, 6.07) is 4.94. The van der Waals surface area contributed by atoms with Crippen molar-refractivity contribution in [2.45, 2.75) is 52.1 Å². The second-order valence-electron chi connectivity index (χ2n) is 7.74. The van der Waals surface area contributed by atoms with Crippen LogP contribution in [0, 0.1) is 5.92 Å². The van der Waals surface area contributed by atoms with E-state index in [4.69, 9.17) is 9.98 Å². The smallest absolute Gasteiger partial charge is 0.191 e. The standard InChI is InChI=1S/C21H33N5S2/c1-5-22-21(24-13-19-25-17(14-28-19)15(2)3)23-12-16-8-6-10-26(4)20(16)18-9-7-11-27-18/h7,9,11,14-16,20H,5-6,8,10,12-13H2,1-4H3,(H2,22,23,24).